The zero-order valence-electron chi connectivity index (χ0n) is 19.4. The Morgan fingerprint density at radius 1 is 1.24 bits per heavy atom. The Hall–Kier alpha value is -4.52. The minimum Gasteiger partial charge on any atom is -0.494 e. The van der Waals surface area contributed by atoms with Crippen LogP contribution in [-0.4, -0.2) is 65.0 Å². The van der Waals surface area contributed by atoms with Crippen LogP contribution >= 0.6 is 0 Å². The summed E-state index contributed by atoms with van der Waals surface area (Å²) in [6.45, 7) is -0.241. The molecule has 37 heavy (non-hydrogen) atoms. The number of amides is 5. The Morgan fingerprint density at radius 2 is 2.05 bits per heavy atom. The maximum absolute atomic E-state index is 14.8. The topological polar surface area (TPSA) is 154 Å². The number of β-amino-alcohol motifs (C(OH)–C–C–N with tert-alkyl or cyclic N) is 1. The van der Waals surface area contributed by atoms with Crippen molar-refractivity contribution in [2.45, 2.75) is 24.6 Å². The summed E-state index contributed by atoms with van der Waals surface area (Å²) in [5, 5.41) is 14.5. The Balaban J connectivity index is 1.37. The van der Waals surface area contributed by atoms with Crippen LogP contribution in [0.1, 0.15) is 28.1 Å². The Kier molecular flexibility index (Phi) is 4.95. The standard InChI is InChI=1S/C24H20FN5O7/c1-36-15-3-2-11-8-29(21(33)19(11)20(15)25)10-24(22(34)27-23(35)28-24)16-7-13-14(37-16)4-5-17(26-13)30-9-12(31)6-18(30)32/h2-5,7,12,31H,6,8-10H2,1H3,(H2,27,28,34,35)/t12-,24-/m0/s1. The molecule has 0 aliphatic carbocycles. The average molecular weight is 509 g/mol. The highest BCUT2D eigenvalue weighted by atomic mass is 19.1. The van der Waals surface area contributed by atoms with Gasteiger partial charge in [-0.2, -0.15) is 0 Å². The second kappa shape index (κ2) is 8.00. The minimum absolute atomic E-state index is 0.00199. The zero-order chi connectivity index (χ0) is 26.1. The highest BCUT2D eigenvalue weighted by molar-refractivity contribution is 6.08. The Labute approximate surface area is 208 Å². The smallest absolute Gasteiger partial charge is 0.322 e. The van der Waals surface area contributed by atoms with Crippen LogP contribution in [0.25, 0.3) is 11.1 Å². The third-order valence-electron chi connectivity index (χ3n) is 6.81. The first-order valence-electron chi connectivity index (χ1n) is 11.4. The second-order valence-electron chi connectivity index (χ2n) is 9.12. The van der Waals surface area contributed by atoms with Gasteiger partial charge in [0.15, 0.2) is 22.7 Å². The lowest BCUT2D eigenvalue weighted by Crippen LogP contribution is -2.52. The molecule has 2 aromatic heterocycles. The summed E-state index contributed by atoms with van der Waals surface area (Å²) in [5.74, 6) is -2.28. The first-order valence-corrected chi connectivity index (χ1v) is 11.4. The lowest BCUT2D eigenvalue weighted by atomic mass is 9.95. The molecule has 3 aliphatic heterocycles. The number of aromatic nitrogens is 1. The van der Waals surface area contributed by atoms with Gasteiger partial charge in [-0.3, -0.25) is 24.6 Å². The third kappa shape index (κ3) is 3.42. The number of urea groups is 1. The van der Waals surface area contributed by atoms with Gasteiger partial charge in [0.1, 0.15) is 17.1 Å². The molecule has 3 N–H and O–H groups in total. The van der Waals surface area contributed by atoms with Crippen molar-refractivity contribution >= 4 is 40.7 Å². The van der Waals surface area contributed by atoms with Crippen molar-refractivity contribution in [3.8, 4) is 5.75 Å². The number of furan rings is 1. The number of hydrogen-bond donors (Lipinski definition) is 3. The van der Waals surface area contributed by atoms with Crippen LogP contribution in [0.3, 0.4) is 0 Å². The van der Waals surface area contributed by atoms with Crippen LogP contribution in [-0.2, 0) is 21.7 Å². The van der Waals surface area contributed by atoms with Gasteiger partial charge in [-0.1, -0.05) is 6.07 Å². The first kappa shape index (κ1) is 22.9. The van der Waals surface area contributed by atoms with E-state index in [0.717, 1.165) is 0 Å². The highest BCUT2D eigenvalue weighted by Gasteiger charge is 2.53. The molecule has 190 valence electrons. The fourth-order valence-corrected chi connectivity index (χ4v) is 5.01. The van der Waals surface area contributed by atoms with E-state index in [9.17, 15) is 28.7 Å². The van der Waals surface area contributed by atoms with Gasteiger partial charge in [-0.15, -0.1) is 0 Å². The van der Waals surface area contributed by atoms with Crippen LogP contribution < -0.4 is 20.3 Å². The van der Waals surface area contributed by atoms with Crippen molar-refractivity contribution in [2.24, 2.45) is 0 Å². The summed E-state index contributed by atoms with van der Waals surface area (Å²) in [6.07, 6.45) is -0.804. The van der Waals surface area contributed by atoms with Gasteiger partial charge in [0, 0.05) is 12.6 Å². The van der Waals surface area contributed by atoms with Gasteiger partial charge < -0.3 is 24.5 Å². The van der Waals surface area contributed by atoms with Gasteiger partial charge in [-0.05, 0) is 23.8 Å². The van der Waals surface area contributed by atoms with E-state index >= 15 is 0 Å². The number of carbonyl (C=O) groups is 4. The van der Waals surface area contributed by atoms with Gasteiger partial charge in [0.2, 0.25) is 5.91 Å². The molecule has 2 fully saturated rings. The predicted octanol–water partition coefficient (Wildman–Crippen LogP) is 0.764. The van der Waals surface area contributed by atoms with E-state index in [1.807, 2.05) is 0 Å². The molecule has 6 rings (SSSR count). The molecule has 5 amide bonds. The number of halogens is 1. The molecule has 3 aromatic rings. The Morgan fingerprint density at radius 3 is 2.73 bits per heavy atom. The number of methoxy groups -OCH3 is 1. The van der Waals surface area contributed by atoms with E-state index in [1.165, 1.54) is 29.0 Å². The molecule has 12 nitrogen and oxygen atoms in total. The number of nitrogens with zero attached hydrogens (tertiary/aromatic N) is 3. The zero-order valence-corrected chi connectivity index (χ0v) is 19.4. The number of imide groups is 1. The lowest BCUT2D eigenvalue weighted by Gasteiger charge is -2.28. The molecule has 13 heteroatoms. The van der Waals surface area contributed by atoms with Crippen LogP contribution in [0.4, 0.5) is 15.0 Å². The molecule has 0 bridgehead atoms. The molecular weight excluding hydrogens is 489 g/mol. The second-order valence-corrected chi connectivity index (χ2v) is 9.12. The number of rotatable bonds is 5. The molecular formula is C24H20FN5O7. The van der Waals surface area contributed by atoms with Gasteiger partial charge in [0.05, 0.1) is 38.3 Å². The maximum atomic E-state index is 14.8. The molecule has 0 unspecified atom stereocenters. The van der Waals surface area contributed by atoms with Crippen LogP contribution in [0.2, 0.25) is 0 Å². The number of nitrogens with one attached hydrogen (secondary N) is 2. The molecule has 2 saturated heterocycles. The SMILES string of the molecule is COc1ccc2c(c1F)C(=O)N(C[C@@]1(c3cc4nc(N5C[C@@H](O)CC5=O)ccc4o3)NC(=O)NC1=O)C2. The molecule has 2 atom stereocenters. The van der Waals surface area contributed by atoms with Crippen molar-refractivity contribution in [2.75, 3.05) is 25.1 Å². The number of fused-ring (bicyclic) bond motifs is 2. The first-order chi connectivity index (χ1) is 17.7. The summed E-state index contributed by atoms with van der Waals surface area (Å²) >= 11 is 0. The van der Waals surface area contributed by atoms with E-state index in [2.05, 4.69) is 15.6 Å². The summed E-state index contributed by atoms with van der Waals surface area (Å²) < 4.78 is 25.7. The summed E-state index contributed by atoms with van der Waals surface area (Å²) in [6, 6.07) is 6.74. The quantitative estimate of drug-likeness (QED) is 0.426. The number of aliphatic hydroxyl groups is 1. The maximum Gasteiger partial charge on any atom is 0.322 e. The monoisotopic (exact) mass is 509 g/mol. The lowest BCUT2D eigenvalue weighted by molar-refractivity contribution is -0.125. The van der Waals surface area contributed by atoms with Crippen LogP contribution in [0, 0.1) is 5.82 Å². The van der Waals surface area contributed by atoms with Crippen LogP contribution in [0.15, 0.2) is 34.7 Å². The number of pyridine rings is 1. The number of hydrogen-bond acceptors (Lipinski definition) is 8. The fraction of sp³-hybridized carbons (Fsp3) is 0.292. The molecule has 5 heterocycles. The number of benzene rings is 1. The minimum atomic E-state index is -1.81. The summed E-state index contributed by atoms with van der Waals surface area (Å²) in [5.41, 5.74) is -0.993. The van der Waals surface area contributed by atoms with Gasteiger partial charge in [-0.25, -0.2) is 14.2 Å². The van der Waals surface area contributed by atoms with Crippen LogP contribution in [0.5, 0.6) is 5.75 Å². The molecule has 0 spiro atoms. The van der Waals surface area contributed by atoms with E-state index in [4.69, 9.17) is 9.15 Å². The van der Waals surface area contributed by atoms with E-state index in [0.29, 0.717) is 16.9 Å². The highest BCUT2D eigenvalue weighted by Crippen LogP contribution is 2.36. The van der Waals surface area contributed by atoms with Gasteiger partial charge >= 0.3 is 6.03 Å². The van der Waals surface area contributed by atoms with E-state index in [1.54, 1.807) is 18.2 Å². The van der Waals surface area contributed by atoms with Crippen molar-refractivity contribution in [1.82, 2.24) is 20.5 Å². The number of carbonyl (C=O) groups excluding carboxylic acids is 4. The molecule has 3 aliphatic rings. The van der Waals surface area contributed by atoms with Crippen molar-refractivity contribution in [3.05, 3.63) is 53.0 Å². The Bertz CT molecular complexity index is 1520. The molecule has 0 saturated carbocycles. The third-order valence-corrected chi connectivity index (χ3v) is 6.81. The van der Waals surface area contributed by atoms with Crippen molar-refractivity contribution in [3.63, 3.8) is 0 Å². The fourth-order valence-electron chi connectivity index (χ4n) is 5.01. The van der Waals surface area contributed by atoms with Gasteiger partial charge in [0.25, 0.3) is 11.8 Å². The van der Waals surface area contributed by atoms with Crippen molar-refractivity contribution < 1.29 is 37.8 Å². The van der Waals surface area contributed by atoms with E-state index in [-0.39, 0.29) is 54.6 Å². The largest absolute Gasteiger partial charge is 0.494 e. The normalized spacial score (nSPS) is 23.2. The summed E-state index contributed by atoms with van der Waals surface area (Å²) in [4.78, 5) is 57.6. The number of aliphatic hydroxyl groups excluding tert-OH is 1. The predicted molar refractivity (Wildman–Crippen MR) is 123 cm³/mol. The molecule has 0 radical (unpaired) electrons. The molecule has 1 aromatic carbocycles. The van der Waals surface area contributed by atoms with E-state index < -0.39 is 35.3 Å². The van der Waals surface area contributed by atoms with Crippen molar-refractivity contribution in [1.29, 1.82) is 0 Å². The average Bonchev–Trinajstić information content (AvgIpc) is 3.59. The summed E-state index contributed by atoms with van der Waals surface area (Å²) in [7, 11) is 1.29. The number of ether oxygens (including phenoxy) is 1. The number of anilines is 1.